The third kappa shape index (κ3) is 2.50. The van der Waals surface area contributed by atoms with Crippen molar-refractivity contribution in [2.75, 3.05) is 23.7 Å². The minimum absolute atomic E-state index is 0.226. The molecule has 1 saturated heterocycles. The highest BCUT2D eigenvalue weighted by Crippen LogP contribution is 2.42. The Morgan fingerprint density at radius 1 is 1.35 bits per heavy atom. The number of nitrogens with zero attached hydrogens (tertiary/aromatic N) is 3. The molecule has 1 unspecified atom stereocenters. The summed E-state index contributed by atoms with van der Waals surface area (Å²) in [6, 6.07) is 0.226. The molecule has 4 N–H and O–H groups in total. The Morgan fingerprint density at radius 2 is 2.17 bits per heavy atom. The summed E-state index contributed by atoms with van der Waals surface area (Å²) in [6.07, 6.45) is 4.32. The molecule has 0 radical (unpaired) electrons. The van der Waals surface area contributed by atoms with Crippen LogP contribution in [0.2, 0.25) is 0 Å². The minimum Gasteiger partial charge on any atom is -0.368 e. The molecule has 2 aromatic heterocycles. The van der Waals surface area contributed by atoms with Crippen molar-refractivity contribution in [1.29, 1.82) is 0 Å². The van der Waals surface area contributed by atoms with E-state index in [0.29, 0.717) is 11.9 Å². The molecule has 3 heterocycles. The molecule has 23 heavy (non-hydrogen) atoms. The quantitative estimate of drug-likeness (QED) is 0.827. The van der Waals surface area contributed by atoms with Crippen LogP contribution in [0.4, 0.5) is 11.8 Å². The van der Waals surface area contributed by atoms with Gasteiger partial charge in [-0.05, 0) is 44.1 Å². The van der Waals surface area contributed by atoms with Crippen LogP contribution in [0, 0.1) is 5.92 Å². The van der Waals surface area contributed by atoms with Crippen molar-refractivity contribution in [3.63, 3.8) is 0 Å². The van der Waals surface area contributed by atoms with Crippen LogP contribution >= 0.6 is 11.3 Å². The van der Waals surface area contributed by atoms with Crippen LogP contribution in [0.5, 0.6) is 0 Å². The maximum atomic E-state index is 6.07. The second-order valence-electron chi connectivity index (χ2n) is 6.87. The molecule has 1 aliphatic carbocycles. The summed E-state index contributed by atoms with van der Waals surface area (Å²) < 4.78 is 1.18. The van der Waals surface area contributed by atoms with Gasteiger partial charge in [-0.15, -0.1) is 11.3 Å². The Balaban J connectivity index is 1.83. The third-order valence-electron chi connectivity index (χ3n) is 5.10. The molecule has 1 fully saturated rings. The van der Waals surface area contributed by atoms with Crippen molar-refractivity contribution in [1.82, 2.24) is 9.97 Å². The van der Waals surface area contributed by atoms with Gasteiger partial charge in [-0.25, -0.2) is 4.98 Å². The largest absolute Gasteiger partial charge is 0.368 e. The molecular weight excluding hydrogens is 306 g/mol. The first-order valence-electron chi connectivity index (χ1n) is 8.26. The first-order valence-corrected chi connectivity index (χ1v) is 9.08. The lowest BCUT2D eigenvalue weighted by Gasteiger charge is -2.22. The maximum absolute atomic E-state index is 6.07. The molecule has 2 aromatic rings. The van der Waals surface area contributed by atoms with Gasteiger partial charge >= 0.3 is 0 Å². The van der Waals surface area contributed by atoms with Gasteiger partial charge in [-0.1, -0.05) is 12.2 Å². The second-order valence-corrected chi connectivity index (χ2v) is 7.97. The number of thiophene rings is 1. The van der Waals surface area contributed by atoms with Gasteiger partial charge in [0.05, 0.1) is 10.2 Å². The number of hydrogen-bond donors (Lipinski definition) is 2. The monoisotopic (exact) mass is 329 g/mol. The van der Waals surface area contributed by atoms with Gasteiger partial charge in [-0.2, -0.15) is 4.98 Å². The normalized spacial score (nSPS) is 24.2. The summed E-state index contributed by atoms with van der Waals surface area (Å²) >= 11 is 1.84. The number of hydrogen-bond acceptors (Lipinski definition) is 6. The van der Waals surface area contributed by atoms with Crippen molar-refractivity contribution in [2.24, 2.45) is 11.7 Å². The molecule has 1 aliphatic heterocycles. The standard InChI is InChI=1S/C17H23N5S/c1-9(2)10-3-4-13-12(7-10)14-15(23-13)16(21-17(19)20-14)22-6-5-11(18)8-22/h10-11H,1,3-8,18H2,2H3,(H2,19,20,21)/t10?,11-/m0/s1. The molecule has 0 amide bonds. The zero-order valence-corrected chi connectivity index (χ0v) is 14.3. The van der Waals surface area contributed by atoms with E-state index in [1.165, 1.54) is 27.1 Å². The number of nitrogens with two attached hydrogens (primary N) is 2. The molecule has 4 rings (SSSR count). The fourth-order valence-corrected chi connectivity index (χ4v) is 5.05. The topological polar surface area (TPSA) is 81.1 Å². The number of nitrogen functional groups attached to an aromatic ring is 1. The van der Waals surface area contributed by atoms with Crippen LogP contribution in [0.3, 0.4) is 0 Å². The first-order chi connectivity index (χ1) is 11.0. The summed E-state index contributed by atoms with van der Waals surface area (Å²) in [5.74, 6) is 1.90. The van der Waals surface area contributed by atoms with Gasteiger partial charge in [0, 0.05) is 24.0 Å². The molecular formula is C17H23N5S. The van der Waals surface area contributed by atoms with Crippen LogP contribution in [0.25, 0.3) is 10.2 Å². The van der Waals surface area contributed by atoms with Crippen LogP contribution in [-0.4, -0.2) is 29.1 Å². The van der Waals surface area contributed by atoms with E-state index in [2.05, 4.69) is 28.4 Å². The van der Waals surface area contributed by atoms with E-state index in [1.807, 2.05) is 11.3 Å². The van der Waals surface area contributed by atoms with E-state index >= 15 is 0 Å². The molecule has 0 saturated carbocycles. The van der Waals surface area contributed by atoms with E-state index in [9.17, 15) is 0 Å². The molecule has 0 bridgehead atoms. The van der Waals surface area contributed by atoms with Crippen LogP contribution in [-0.2, 0) is 12.8 Å². The van der Waals surface area contributed by atoms with Crippen molar-refractivity contribution in [3.05, 3.63) is 22.6 Å². The fraction of sp³-hybridized carbons (Fsp3) is 0.529. The molecule has 2 aliphatic rings. The van der Waals surface area contributed by atoms with Gasteiger partial charge in [-0.3, -0.25) is 0 Å². The smallest absolute Gasteiger partial charge is 0.222 e. The molecule has 6 heteroatoms. The van der Waals surface area contributed by atoms with E-state index in [0.717, 1.165) is 43.7 Å². The lowest BCUT2D eigenvalue weighted by atomic mass is 9.84. The molecule has 0 aromatic carbocycles. The Bertz CT molecular complexity index is 781. The highest BCUT2D eigenvalue weighted by atomic mass is 32.1. The maximum Gasteiger partial charge on any atom is 0.222 e. The fourth-order valence-electron chi connectivity index (χ4n) is 3.75. The van der Waals surface area contributed by atoms with Gasteiger partial charge in [0.15, 0.2) is 5.82 Å². The molecule has 0 spiro atoms. The van der Waals surface area contributed by atoms with E-state index in [4.69, 9.17) is 11.5 Å². The molecule has 122 valence electrons. The predicted octanol–water partition coefficient (Wildman–Crippen LogP) is 2.49. The zero-order valence-electron chi connectivity index (χ0n) is 13.5. The van der Waals surface area contributed by atoms with Crippen LogP contribution in [0.15, 0.2) is 12.2 Å². The summed E-state index contributed by atoms with van der Waals surface area (Å²) in [7, 11) is 0. The van der Waals surface area contributed by atoms with Gasteiger partial charge in [0.25, 0.3) is 0 Å². The number of aromatic nitrogens is 2. The molecule has 5 nitrogen and oxygen atoms in total. The van der Waals surface area contributed by atoms with Gasteiger partial charge in [0.1, 0.15) is 0 Å². The summed E-state index contributed by atoms with van der Waals surface area (Å²) in [5.41, 5.74) is 15.8. The van der Waals surface area contributed by atoms with Crippen LogP contribution in [0.1, 0.15) is 30.2 Å². The summed E-state index contributed by atoms with van der Waals surface area (Å²) in [5, 5.41) is 0. The average molecular weight is 329 g/mol. The number of rotatable bonds is 2. The number of allylic oxidation sites excluding steroid dienone is 1. The Morgan fingerprint density at radius 3 is 2.87 bits per heavy atom. The second kappa shape index (κ2) is 5.46. The third-order valence-corrected chi connectivity index (χ3v) is 6.38. The van der Waals surface area contributed by atoms with Crippen molar-refractivity contribution in [3.8, 4) is 0 Å². The SMILES string of the molecule is C=C(C)C1CCc2sc3c(N4CC[C@H](N)C4)nc(N)nc3c2C1. The van der Waals surface area contributed by atoms with Crippen molar-refractivity contribution >= 4 is 33.3 Å². The lowest BCUT2D eigenvalue weighted by molar-refractivity contribution is 0.534. The number of fused-ring (bicyclic) bond motifs is 3. The van der Waals surface area contributed by atoms with Crippen molar-refractivity contribution in [2.45, 2.75) is 38.6 Å². The van der Waals surface area contributed by atoms with E-state index in [1.54, 1.807) is 0 Å². The number of aryl methyl sites for hydroxylation is 1. The van der Waals surface area contributed by atoms with Crippen LogP contribution < -0.4 is 16.4 Å². The number of anilines is 2. The first kappa shape index (κ1) is 14.9. The lowest BCUT2D eigenvalue weighted by Crippen LogP contribution is -2.27. The molecule has 2 atom stereocenters. The van der Waals surface area contributed by atoms with E-state index in [-0.39, 0.29) is 6.04 Å². The Hall–Kier alpha value is -1.66. The Labute approximate surface area is 140 Å². The van der Waals surface area contributed by atoms with Crippen molar-refractivity contribution < 1.29 is 0 Å². The predicted molar refractivity (Wildman–Crippen MR) is 97.0 cm³/mol. The summed E-state index contributed by atoms with van der Waals surface area (Å²) in [4.78, 5) is 12.8. The summed E-state index contributed by atoms with van der Waals surface area (Å²) in [6.45, 7) is 8.07. The van der Waals surface area contributed by atoms with E-state index < -0.39 is 0 Å². The van der Waals surface area contributed by atoms with Gasteiger partial charge < -0.3 is 16.4 Å². The Kier molecular flexibility index (Phi) is 3.54. The van der Waals surface area contributed by atoms with Gasteiger partial charge in [0.2, 0.25) is 5.95 Å². The minimum atomic E-state index is 0.226. The zero-order chi connectivity index (χ0) is 16.1. The highest BCUT2D eigenvalue weighted by molar-refractivity contribution is 7.19. The highest BCUT2D eigenvalue weighted by Gasteiger charge is 2.28. The average Bonchev–Trinajstić information content (AvgIpc) is 3.09.